The monoisotopic (exact) mass is 462 g/mol. The molecule has 4 aromatic rings. The molecule has 3 heterocycles. The summed E-state index contributed by atoms with van der Waals surface area (Å²) in [5, 5.41) is 2.93. The van der Waals surface area contributed by atoms with Gasteiger partial charge in [0, 0.05) is 32.1 Å². The van der Waals surface area contributed by atoms with Crippen molar-refractivity contribution in [3.8, 4) is 17.2 Å². The minimum Gasteiger partial charge on any atom is -0.456 e. The number of carbonyl (C=O) groups excluding carboxylic acids is 1. The number of nitrogens with two attached hydrogens (primary N) is 1. The smallest absolute Gasteiger partial charge is 0.282 e. The van der Waals surface area contributed by atoms with Crippen molar-refractivity contribution in [3.05, 3.63) is 88.6 Å². The fraction of sp³-hybridized carbons (Fsp3) is 0.200. The molecular formula is C25H30N6O3. The van der Waals surface area contributed by atoms with Crippen molar-refractivity contribution in [2.45, 2.75) is 20.8 Å². The standard InChI is InChI=1S/C12H12N2O2.C11H12N4O.C2H6/c1-9-11(8-15)12(16)14(13(9)2)10-6-4-3-5-7-10;1-13-11-3-2-9(7-15-11)16-8-4-5-14-10(12)6-8;1-2/h3-8H,1-2H3;2-7H,1H3,(H2,12,14)(H,13,15);1-2H3. The fourth-order valence-corrected chi connectivity index (χ4v) is 2.94. The second-order valence-electron chi connectivity index (χ2n) is 6.74. The largest absolute Gasteiger partial charge is 0.456 e. The van der Waals surface area contributed by atoms with Gasteiger partial charge in [-0.05, 0) is 37.3 Å². The van der Waals surface area contributed by atoms with E-state index in [2.05, 4.69) is 15.3 Å². The van der Waals surface area contributed by atoms with Gasteiger partial charge in [-0.25, -0.2) is 14.6 Å². The van der Waals surface area contributed by atoms with Crippen LogP contribution in [0, 0.1) is 6.92 Å². The fourth-order valence-electron chi connectivity index (χ4n) is 2.94. The van der Waals surface area contributed by atoms with Crippen molar-refractivity contribution in [3.63, 3.8) is 0 Å². The highest BCUT2D eigenvalue weighted by Crippen LogP contribution is 2.21. The molecule has 34 heavy (non-hydrogen) atoms. The average Bonchev–Trinajstić information content (AvgIpc) is 3.09. The van der Waals surface area contributed by atoms with Crippen molar-refractivity contribution >= 4 is 17.9 Å². The van der Waals surface area contributed by atoms with Gasteiger partial charge in [-0.3, -0.25) is 14.3 Å². The van der Waals surface area contributed by atoms with Crippen LogP contribution in [0.2, 0.25) is 0 Å². The SMILES string of the molecule is CC.CNc1ccc(Oc2ccnc(N)c2)cn1.Cc1c(C=O)c(=O)n(-c2ccccc2)n1C. The second kappa shape index (κ2) is 12.6. The van der Waals surface area contributed by atoms with Gasteiger partial charge in [0.25, 0.3) is 5.56 Å². The van der Waals surface area contributed by atoms with Gasteiger partial charge in [0.05, 0.1) is 11.9 Å². The van der Waals surface area contributed by atoms with Crippen molar-refractivity contribution in [2.75, 3.05) is 18.1 Å². The van der Waals surface area contributed by atoms with Gasteiger partial charge in [-0.15, -0.1) is 0 Å². The highest BCUT2D eigenvalue weighted by molar-refractivity contribution is 5.76. The first-order chi connectivity index (χ1) is 16.4. The Balaban J connectivity index is 0.000000224. The second-order valence-corrected chi connectivity index (χ2v) is 6.74. The number of pyridine rings is 2. The molecule has 0 saturated heterocycles. The van der Waals surface area contributed by atoms with Crippen molar-refractivity contribution in [2.24, 2.45) is 7.05 Å². The number of nitrogens with zero attached hydrogens (tertiary/aromatic N) is 4. The number of aldehydes is 1. The number of anilines is 2. The minimum absolute atomic E-state index is 0.214. The number of para-hydroxylation sites is 1. The van der Waals surface area contributed by atoms with E-state index in [1.807, 2.05) is 63.4 Å². The highest BCUT2D eigenvalue weighted by atomic mass is 16.5. The number of hydrogen-bond acceptors (Lipinski definition) is 7. The Hall–Kier alpha value is -4.40. The topological polar surface area (TPSA) is 117 Å². The molecule has 0 amide bonds. The Labute approximate surface area is 198 Å². The molecule has 3 aromatic heterocycles. The molecule has 0 fully saturated rings. The quantitative estimate of drug-likeness (QED) is 0.427. The summed E-state index contributed by atoms with van der Waals surface area (Å²) in [5.74, 6) is 2.52. The maximum atomic E-state index is 12.0. The Kier molecular flexibility index (Phi) is 9.57. The first kappa shape index (κ1) is 25.9. The lowest BCUT2D eigenvalue weighted by Crippen LogP contribution is -2.20. The van der Waals surface area contributed by atoms with Crippen LogP contribution in [-0.4, -0.2) is 32.7 Å². The van der Waals surface area contributed by atoms with E-state index in [1.54, 1.807) is 43.2 Å². The summed E-state index contributed by atoms with van der Waals surface area (Å²) in [5.41, 5.74) is 6.90. The number of rotatable bonds is 5. The third-order valence-electron chi connectivity index (χ3n) is 4.70. The molecule has 0 saturated carbocycles. The molecule has 0 atom stereocenters. The van der Waals surface area contributed by atoms with Gasteiger partial charge in [0.2, 0.25) is 0 Å². The summed E-state index contributed by atoms with van der Waals surface area (Å²) in [6, 6.07) is 16.3. The number of aromatic nitrogens is 4. The van der Waals surface area contributed by atoms with Crippen LogP contribution in [0.4, 0.5) is 11.6 Å². The third kappa shape index (κ3) is 6.32. The van der Waals surface area contributed by atoms with E-state index in [0.717, 1.165) is 11.5 Å². The average molecular weight is 463 g/mol. The first-order valence-electron chi connectivity index (χ1n) is 10.8. The number of ether oxygens (including phenoxy) is 1. The minimum atomic E-state index is -0.277. The normalized spacial score (nSPS) is 9.68. The maximum absolute atomic E-state index is 12.0. The van der Waals surface area contributed by atoms with Crippen LogP contribution in [0.1, 0.15) is 29.9 Å². The molecule has 9 heteroatoms. The molecule has 0 aliphatic heterocycles. The van der Waals surface area contributed by atoms with E-state index < -0.39 is 0 Å². The molecule has 9 nitrogen and oxygen atoms in total. The molecule has 0 aliphatic rings. The van der Waals surface area contributed by atoms with E-state index in [-0.39, 0.29) is 11.1 Å². The van der Waals surface area contributed by atoms with Crippen LogP contribution >= 0.6 is 0 Å². The van der Waals surface area contributed by atoms with E-state index in [9.17, 15) is 9.59 Å². The Morgan fingerprint density at radius 1 is 1.03 bits per heavy atom. The van der Waals surface area contributed by atoms with Crippen molar-refractivity contribution in [1.29, 1.82) is 0 Å². The van der Waals surface area contributed by atoms with E-state index >= 15 is 0 Å². The van der Waals surface area contributed by atoms with Crippen LogP contribution in [0.5, 0.6) is 11.5 Å². The van der Waals surface area contributed by atoms with Crippen molar-refractivity contribution < 1.29 is 9.53 Å². The summed E-state index contributed by atoms with van der Waals surface area (Å²) in [4.78, 5) is 30.8. The van der Waals surface area contributed by atoms with E-state index in [1.165, 1.54) is 4.68 Å². The Morgan fingerprint density at radius 3 is 2.26 bits per heavy atom. The number of nitrogen functional groups attached to an aromatic ring is 1. The lowest BCUT2D eigenvalue weighted by Gasteiger charge is -2.07. The zero-order valence-corrected chi connectivity index (χ0v) is 20.0. The van der Waals surface area contributed by atoms with E-state index in [0.29, 0.717) is 29.3 Å². The summed E-state index contributed by atoms with van der Waals surface area (Å²) >= 11 is 0. The summed E-state index contributed by atoms with van der Waals surface area (Å²) in [7, 11) is 3.57. The zero-order chi connectivity index (χ0) is 25.1. The lowest BCUT2D eigenvalue weighted by molar-refractivity contribution is 0.112. The molecule has 4 rings (SSSR count). The van der Waals surface area contributed by atoms with Gasteiger partial charge < -0.3 is 15.8 Å². The number of benzene rings is 1. The summed E-state index contributed by atoms with van der Waals surface area (Å²) < 4.78 is 8.72. The Morgan fingerprint density at radius 2 is 1.74 bits per heavy atom. The van der Waals surface area contributed by atoms with Gasteiger partial charge >= 0.3 is 0 Å². The Bertz CT molecular complexity index is 1250. The van der Waals surface area contributed by atoms with Crippen LogP contribution in [0.15, 0.2) is 71.8 Å². The molecule has 0 bridgehead atoms. The molecule has 178 valence electrons. The first-order valence-corrected chi connectivity index (χ1v) is 10.8. The van der Waals surface area contributed by atoms with Gasteiger partial charge in [-0.1, -0.05) is 32.0 Å². The van der Waals surface area contributed by atoms with Crippen LogP contribution in [0.25, 0.3) is 5.69 Å². The van der Waals surface area contributed by atoms with Crippen LogP contribution in [-0.2, 0) is 7.05 Å². The van der Waals surface area contributed by atoms with Crippen LogP contribution in [0.3, 0.4) is 0 Å². The third-order valence-corrected chi connectivity index (χ3v) is 4.70. The van der Waals surface area contributed by atoms with Gasteiger partial charge in [0.1, 0.15) is 28.7 Å². The van der Waals surface area contributed by atoms with Crippen LogP contribution < -0.4 is 21.3 Å². The number of carbonyl (C=O) groups is 1. The maximum Gasteiger partial charge on any atom is 0.282 e. The predicted molar refractivity (Wildman–Crippen MR) is 135 cm³/mol. The van der Waals surface area contributed by atoms with Crippen molar-refractivity contribution in [1.82, 2.24) is 19.3 Å². The lowest BCUT2D eigenvalue weighted by atomic mass is 10.3. The predicted octanol–water partition coefficient (Wildman–Crippen LogP) is 4.22. The number of nitrogens with one attached hydrogen (secondary N) is 1. The molecule has 0 spiro atoms. The van der Waals surface area contributed by atoms with Gasteiger partial charge in [-0.2, -0.15) is 0 Å². The molecule has 0 unspecified atom stereocenters. The molecule has 0 aliphatic carbocycles. The summed E-state index contributed by atoms with van der Waals surface area (Å²) in [6.45, 7) is 5.75. The molecule has 0 radical (unpaired) electrons. The molecule has 3 N–H and O–H groups in total. The zero-order valence-electron chi connectivity index (χ0n) is 20.0. The summed E-state index contributed by atoms with van der Waals surface area (Å²) in [6.07, 6.45) is 3.85. The highest BCUT2D eigenvalue weighted by Gasteiger charge is 2.14. The molecule has 1 aromatic carbocycles. The number of hydrogen-bond donors (Lipinski definition) is 2. The van der Waals surface area contributed by atoms with Gasteiger partial charge in [0.15, 0.2) is 6.29 Å². The van der Waals surface area contributed by atoms with E-state index in [4.69, 9.17) is 10.5 Å². The molecular weight excluding hydrogens is 432 g/mol.